The van der Waals surface area contributed by atoms with Gasteiger partial charge in [0.25, 0.3) is 5.91 Å². The molecular weight excluding hydrogens is 396 g/mol. The van der Waals surface area contributed by atoms with Gasteiger partial charge in [-0.3, -0.25) is 14.5 Å². The molecule has 0 fully saturated rings. The Balaban J connectivity index is 1.67. The first-order valence-electron chi connectivity index (χ1n) is 9.70. The summed E-state index contributed by atoms with van der Waals surface area (Å²) in [6.45, 7) is 0. The second kappa shape index (κ2) is 8.71. The predicted octanol–water partition coefficient (Wildman–Crippen LogP) is 3.66. The molecule has 31 heavy (non-hydrogen) atoms. The highest BCUT2D eigenvalue weighted by Gasteiger charge is 2.40. The summed E-state index contributed by atoms with van der Waals surface area (Å²) >= 11 is 0. The minimum atomic E-state index is -1.11. The number of esters is 1. The van der Waals surface area contributed by atoms with Crippen LogP contribution in [-0.2, 0) is 9.59 Å². The van der Waals surface area contributed by atoms with Crippen molar-refractivity contribution >= 4 is 29.2 Å². The summed E-state index contributed by atoms with van der Waals surface area (Å²) in [5.41, 5.74) is 1.35. The Bertz CT molecular complexity index is 1130. The smallest absolute Gasteiger partial charge is 0.335 e. The summed E-state index contributed by atoms with van der Waals surface area (Å²) in [7, 11) is 1.51. The number of rotatable bonds is 5. The first-order valence-corrected chi connectivity index (χ1v) is 9.70. The van der Waals surface area contributed by atoms with Crippen LogP contribution >= 0.6 is 0 Å². The van der Waals surface area contributed by atoms with Gasteiger partial charge in [0.2, 0.25) is 5.91 Å². The van der Waals surface area contributed by atoms with Gasteiger partial charge in [0.05, 0.1) is 19.2 Å². The molecule has 0 aromatic heterocycles. The number of carbonyl (C=O) groups excluding carboxylic acids is 3. The molecule has 4 rings (SSSR count). The molecule has 0 unspecified atom stereocenters. The summed E-state index contributed by atoms with van der Waals surface area (Å²) in [5, 5.41) is 2.75. The number of ether oxygens (including phenoxy) is 2. The van der Waals surface area contributed by atoms with E-state index >= 15 is 0 Å². The van der Waals surface area contributed by atoms with Crippen molar-refractivity contribution in [2.45, 2.75) is 12.5 Å². The number of benzene rings is 3. The summed E-state index contributed by atoms with van der Waals surface area (Å²) < 4.78 is 10.6. The summed E-state index contributed by atoms with van der Waals surface area (Å²) in [6.07, 6.45) is -0.252. The van der Waals surface area contributed by atoms with Crippen molar-refractivity contribution in [1.82, 2.24) is 0 Å². The molecule has 1 aliphatic heterocycles. The topological polar surface area (TPSA) is 84.9 Å². The standard InChI is InChI=1S/C24H20N2O5/c1-30-18-11-7-8-16(14-18)23(28)26-19-12-5-6-13-21(19)31-24(29)20(26)15-22(27)25-17-9-3-2-4-10-17/h2-14,20H,15H2,1H3,(H,25,27)/t20-/m1/s1. The van der Waals surface area contributed by atoms with Crippen molar-refractivity contribution in [3.05, 3.63) is 84.4 Å². The van der Waals surface area contributed by atoms with Gasteiger partial charge in [-0.1, -0.05) is 36.4 Å². The number of methoxy groups -OCH3 is 1. The van der Waals surface area contributed by atoms with Crippen LogP contribution < -0.4 is 19.7 Å². The second-order valence-electron chi connectivity index (χ2n) is 6.93. The third-order valence-electron chi connectivity index (χ3n) is 4.89. The molecule has 0 bridgehead atoms. The number of anilines is 2. The minimum Gasteiger partial charge on any atom is -0.497 e. The van der Waals surface area contributed by atoms with Crippen molar-refractivity contribution < 1.29 is 23.9 Å². The third kappa shape index (κ3) is 4.25. The zero-order valence-electron chi connectivity index (χ0n) is 16.8. The fraction of sp³-hybridized carbons (Fsp3) is 0.125. The number of nitrogens with zero attached hydrogens (tertiary/aromatic N) is 1. The number of hydrogen-bond acceptors (Lipinski definition) is 5. The van der Waals surface area contributed by atoms with E-state index in [2.05, 4.69) is 5.32 Å². The van der Waals surface area contributed by atoms with E-state index in [1.54, 1.807) is 72.8 Å². The zero-order chi connectivity index (χ0) is 21.8. The van der Waals surface area contributed by atoms with Gasteiger partial charge < -0.3 is 14.8 Å². The maximum Gasteiger partial charge on any atom is 0.335 e. The zero-order valence-corrected chi connectivity index (χ0v) is 16.8. The van der Waals surface area contributed by atoms with Gasteiger partial charge in [-0.2, -0.15) is 0 Å². The van der Waals surface area contributed by atoms with Crippen LogP contribution in [0.5, 0.6) is 11.5 Å². The molecule has 156 valence electrons. The molecule has 1 aliphatic rings. The van der Waals surface area contributed by atoms with Crippen LogP contribution in [0.1, 0.15) is 16.8 Å². The van der Waals surface area contributed by atoms with Crippen molar-refractivity contribution in [2.75, 3.05) is 17.3 Å². The van der Waals surface area contributed by atoms with E-state index in [1.807, 2.05) is 6.07 Å². The molecule has 2 amide bonds. The Hall–Kier alpha value is -4.13. The number of carbonyl (C=O) groups is 3. The van der Waals surface area contributed by atoms with Gasteiger partial charge in [0, 0.05) is 11.3 Å². The molecule has 3 aromatic rings. The Morgan fingerprint density at radius 1 is 1.00 bits per heavy atom. The van der Waals surface area contributed by atoms with Crippen molar-refractivity contribution in [2.24, 2.45) is 0 Å². The fourth-order valence-corrected chi connectivity index (χ4v) is 3.42. The maximum absolute atomic E-state index is 13.5. The van der Waals surface area contributed by atoms with Crippen LogP contribution in [0.15, 0.2) is 78.9 Å². The van der Waals surface area contributed by atoms with Crippen molar-refractivity contribution in [3.8, 4) is 11.5 Å². The van der Waals surface area contributed by atoms with Crippen molar-refractivity contribution in [1.29, 1.82) is 0 Å². The number of nitrogens with one attached hydrogen (secondary N) is 1. The van der Waals surface area contributed by atoms with E-state index in [1.165, 1.54) is 12.0 Å². The predicted molar refractivity (Wildman–Crippen MR) is 115 cm³/mol. The second-order valence-corrected chi connectivity index (χ2v) is 6.93. The molecule has 0 saturated heterocycles. The molecule has 0 spiro atoms. The maximum atomic E-state index is 13.5. The lowest BCUT2D eigenvalue weighted by Gasteiger charge is -2.35. The number of hydrogen-bond donors (Lipinski definition) is 1. The van der Waals surface area contributed by atoms with Crippen molar-refractivity contribution in [3.63, 3.8) is 0 Å². The van der Waals surface area contributed by atoms with Crippen LogP contribution in [0.4, 0.5) is 11.4 Å². The molecule has 0 aliphatic carbocycles. The Labute approximate surface area is 179 Å². The average molecular weight is 416 g/mol. The summed E-state index contributed by atoms with van der Waals surface area (Å²) in [5.74, 6) is -0.727. The normalized spacial score (nSPS) is 14.9. The molecule has 0 saturated carbocycles. The largest absolute Gasteiger partial charge is 0.497 e. The molecule has 7 heteroatoms. The van der Waals surface area contributed by atoms with Crippen LogP contribution in [0, 0.1) is 0 Å². The van der Waals surface area contributed by atoms with Crippen LogP contribution in [-0.4, -0.2) is 30.9 Å². The first-order chi connectivity index (χ1) is 15.1. The molecule has 3 aromatic carbocycles. The molecule has 1 atom stereocenters. The van der Waals surface area contributed by atoms with Crippen LogP contribution in [0.2, 0.25) is 0 Å². The minimum absolute atomic E-state index is 0.252. The van der Waals surface area contributed by atoms with E-state index in [4.69, 9.17) is 9.47 Å². The summed E-state index contributed by atoms with van der Waals surface area (Å²) in [4.78, 5) is 40.2. The number of amides is 2. The van der Waals surface area contributed by atoms with Gasteiger partial charge in [0.1, 0.15) is 11.8 Å². The van der Waals surface area contributed by atoms with E-state index in [0.29, 0.717) is 22.7 Å². The average Bonchev–Trinajstić information content (AvgIpc) is 2.80. The summed E-state index contributed by atoms with van der Waals surface area (Å²) in [6, 6.07) is 21.2. The van der Waals surface area contributed by atoms with Gasteiger partial charge in [0.15, 0.2) is 5.75 Å². The SMILES string of the molecule is COc1cccc(C(=O)N2c3ccccc3OC(=O)[C@H]2CC(=O)Nc2ccccc2)c1. The lowest BCUT2D eigenvalue weighted by Crippen LogP contribution is -2.51. The third-order valence-corrected chi connectivity index (χ3v) is 4.89. The monoisotopic (exact) mass is 416 g/mol. The van der Waals surface area contributed by atoms with Gasteiger partial charge >= 0.3 is 5.97 Å². The number of fused-ring (bicyclic) bond motifs is 1. The van der Waals surface area contributed by atoms with Gasteiger partial charge in [-0.25, -0.2) is 4.79 Å². The lowest BCUT2D eigenvalue weighted by atomic mass is 10.0. The molecule has 1 N–H and O–H groups in total. The van der Waals surface area contributed by atoms with Crippen LogP contribution in [0.25, 0.3) is 0 Å². The van der Waals surface area contributed by atoms with Gasteiger partial charge in [-0.15, -0.1) is 0 Å². The Kier molecular flexibility index (Phi) is 5.66. The highest BCUT2D eigenvalue weighted by Crippen LogP contribution is 2.36. The Morgan fingerprint density at radius 3 is 2.52 bits per heavy atom. The number of para-hydroxylation sites is 3. The van der Waals surface area contributed by atoms with Crippen LogP contribution in [0.3, 0.4) is 0 Å². The van der Waals surface area contributed by atoms with E-state index < -0.39 is 23.8 Å². The Morgan fingerprint density at radius 2 is 1.74 bits per heavy atom. The van der Waals surface area contributed by atoms with E-state index in [9.17, 15) is 14.4 Å². The van der Waals surface area contributed by atoms with E-state index in [0.717, 1.165) is 0 Å². The fourth-order valence-electron chi connectivity index (χ4n) is 3.42. The molecule has 7 nitrogen and oxygen atoms in total. The molecule has 1 heterocycles. The molecule has 0 radical (unpaired) electrons. The molecular formula is C24H20N2O5. The first kappa shape index (κ1) is 20.2. The van der Waals surface area contributed by atoms with Gasteiger partial charge in [-0.05, 0) is 42.5 Å². The van der Waals surface area contributed by atoms with E-state index in [-0.39, 0.29) is 12.2 Å². The highest BCUT2D eigenvalue weighted by atomic mass is 16.5. The highest BCUT2D eigenvalue weighted by molar-refractivity contribution is 6.13. The lowest BCUT2D eigenvalue weighted by molar-refractivity contribution is -0.138. The quantitative estimate of drug-likeness (QED) is 0.507.